The van der Waals surface area contributed by atoms with Crippen molar-refractivity contribution in [2.24, 2.45) is 0 Å². The molecule has 160 valence electrons. The first kappa shape index (κ1) is 21.5. The van der Waals surface area contributed by atoms with Crippen LogP contribution in [0.25, 0.3) is 0 Å². The van der Waals surface area contributed by atoms with E-state index in [1.165, 1.54) is 29.6 Å². The Morgan fingerprint density at radius 2 is 1.84 bits per heavy atom. The zero-order valence-corrected chi connectivity index (χ0v) is 18.8. The van der Waals surface area contributed by atoms with E-state index in [-0.39, 0.29) is 26.3 Å². The Morgan fingerprint density at radius 3 is 2.61 bits per heavy atom. The van der Waals surface area contributed by atoms with Crippen LogP contribution in [-0.4, -0.2) is 28.0 Å². The summed E-state index contributed by atoms with van der Waals surface area (Å²) in [5.74, 6) is -0.337. The van der Waals surface area contributed by atoms with E-state index in [1.807, 2.05) is 12.1 Å². The van der Waals surface area contributed by atoms with Crippen molar-refractivity contribution in [2.45, 2.75) is 11.3 Å². The molecule has 0 saturated heterocycles. The van der Waals surface area contributed by atoms with Gasteiger partial charge < -0.3 is 10.1 Å². The molecule has 0 unspecified atom stereocenters. The van der Waals surface area contributed by atoms with Gasteiger partial charge in [0.1, 0.15) is 5.75 Å². The van der Waals surface area contributed by atoms with Crippen LogP contribution >= 0.6 is 23.2 Å². The van der Waals surface area contributed by atoms with Crippen molar-refractivity contribution in [1.29, 1.82) is 0 Å². The smallest absolute Gasteiger partial charge is 0.264 e. The fourth-order valence-electron chi connectivity index (χ4n) is 3.50. The van der Waals surface area contributed by atoms with Crippen LogP contribution in [0.2, 0.25) is 10.0 Å². The lowest BCUT2D eigenvalue weighted by Crippen LogP contribution is -2.29. The topological polar surface area (TPSA) is 75.7 Å². The second-order valence-electron chi connectivity index (χ2n) is 6.87. The summed E-state index contributed by atoms with van der Waals surface area (Å²) in [6.07, 6.45) is 0.631. The molecule has 0 saturated carbocycles. The maximum absolute atomic E-state index is 13.3. The minimum Gasteiger partial charge on any atom is -0.496 e. The number of ether oxygens (including phenoxy) is 1. The van der Waals surface area contributed by atoms with Crippen molar-refractivity contribution in [2.75, 3.05) is 23.3 Å². The molecular weight excluding hydrogens is 459 g/mol. The first-order valence-electron chi connectivity index (χ1n) is 9.37. The van der Waals surface area contributed by atoms with E-state index in [2.05, 4.69) is 5.32 Å². The van der Waals surface area contributed by atoms with E-state index >= 15 is 0 Å². The molecule has 0 radical (unpaired) electrons. The van der Waals surface area contributed by atoms with Crippen LogP contribution in [0.15, 0.2) is 65.6 Å². The van der Waals surface area contributed by atoms with E-state index in [0.29, 0.717) is 24.3 Å². The van der Waals surface area contributed by atoms with Gasteiger partial charge in [-0.15, -0.1) is 0 Å². The van der Waals surface area contributed by atoms with Crippen molar-refractivity contribution in [3.63, 3.8) is 0 Å². The maximum Gasteiger partial charge on any atom is 0.264 e. The summed E-state index contributed by atoms with van der Waals surface area (Å²) in [7, 11) is -2.46. The lowest BCUT2D eigenvalue weighted by atomic mass is 10.2. The van der Waals surface area contributed by atoms with Crippen LogP contribution in [0, 0.1) is 0 Å². The third kappa shape index (κ3) is 3.96. The van der Waals surface area contributed by atoms with Crippen molar-refractivity contribution in [3.8, 4) is 5.75 Å². The number of hydrogen-bond acceptors (Lipinski definition) is 4. The maximum atomic E-state index is 13.3. The molecule has 9 heteroatoms. The van der Waals surface area contributed by atoms with Gasteiger partial charge >= 0.3 is 0 Å². The van der Waals surface area contributed by atoms with Gasteiger partial charge in [0.2, 0.25) is 0 Å². The number of carbonyl (C=O) groups is 1. The summed E-state index contributed by atoms with van der Waals surface area (Å²) in [5, 5.41) is 3.14. The largest absolute Gasteiger partial charge is 0.496 e. The molecular formula is C22H18Cl2N2O4S. The molecule has 0 aromatic heterocycles. The van der Waals surface area contributed by atoms with Gasteiger partial charge in [-0.1, -0.05) is 47.5 Å². The number of nitrogens with zero attached hydrogens (tertiary/aromatic N) is 1. The summed E-state index contributed by atoms with van der Waals surface area (Å²) in [5.41, 5.74) is 1.98. The molecule has 4 rings (SSSR count). The monoisotopic (exact) mass is 476 g/mol. The molecule has 3 aromatic rings. The van der Waals surface area contributed by atoms with Gasteiger partial charge in [-0.25, -0.2) is 8.42 Å². The SMILES string of the molecule is COc1ccc(S(=O)(=O)N2CCc3ccccc32)cc1C(=O)Nc1cccc(Cl)c1Cl. The minimum atomic E-state index is -3.87. The van der Waals surface area contributed by atoms with Crippen LogP contribution in [0.5, 0.6) is 5.75 Å². The first-order chi connectivity index (χ1) is 14.8. The molecule has 1 aliphatic heterocycles. The van der Waals surface area contributed by atoms with Crippen molar-refractivity contribution in [1.82, 2.24) is 0 Å². The number of rotatable bonds is 5. The van der Waals surface area contributed by atoms with Gasteiger partial charge in [0.15, 0.2) is 0 Å². The third-order valence-corrected chi connectivity index (χ3v) is 7.68. The number of nitrogens with one attached hydrogen (secondary N) is 1. The summed E-state index contributed by atoms with van der Waals surface area (Å²) in [6, 6.07) is 16.4. The summed E-state index contributed by atoms with van der Waals surface area (Å²) < 4.78 is 33.3. The van der Waals surface area contributed by atoms with Gasteiger partial charge in [0.25, 0.3) is 15.9 Å². The summed E-state index contributed by atoms with van der Waals surface area (Å²) >= 11 is 12.2. The minimum absolute atomic E-state index is 0.00709. The number of benzene rings is 3. The van der Waals surface area contributed by atoms with Crippen molar-refractivity contribution < 1.29 is 17.9 Å². The van der Waals surface area contributed by atoms with Gasteiger partial charge in [-0.3, -0.25) is 9.10 Å². The Balaban J connectivity index is 1.71. The van der Waals surface area contributed by atoms with Gasteiger partial charge in [-0.2, -0.15) is 0 Å². The molecule has 0 aliphatic carbocycles. The Labute approximate surface area is 190 Å². The molecule has 1 N–H and O–H groups in total. The quantitative estimate of drug-likeness (QED) is 0.561. The molecule has 0 fully saturated rings. The standard InChI is InChI=1S/C22H18Cl2N2O4S/c1-30-20-10-9-15(31(28,29)26-12-11-14-5-2-3-8-19(14)26)13-16(20)22(27)25-18-7-4-6-17(23)21(18)24/h2-10,13H,11-12H2,1H3,(H,25,27). The van der Waals surface area contributed by atoms with E-state index < -0.39 is 15.9 Å². The van der Waals surface area contributed by atoms with Crippen LogP contribution in [-0.2, 0) is 16.4 Å². The van der Waals surface area contributed by atoms with Gasteiger partial charge in [0, 0.05) is 6.54 Å². The average molecular weight is 477 g/mol. The molecule has 31 heavy (non-hydrogen) atoms. The lowest BCUT2D eigenvalue weighted by molar-refractivity contribution is 0.102. The predicted molar refractivity (Wildman–Crippen MR) is 122 cm³/mol. The van der Waals surface area contributed by atoms with Crippen molar-refractivity contribution in [3.05, 3.63) is 81.8 Å². The Kier molecular flexibility index (Phi) is 5.83. The molecule has 6 nitrogen and oxygen atoms in total. The van der Waals surface area contributed by atoms with E-state index in [0.717, 1.165) is 5.56 Å². The Morgan fingerprint density at radius 1 is 1.06 bits per heavy atom. The van der Waals surface area contributed by atoms with Crippen LogP contribution in [0.3, 0.4) is 0 Å². The molecule has 0 bridgehead atoms. The zero-order valence-electron chi connectivity index (χ0n) is 16.4. The average Bonchev–Trinajstić information content (AvgIpc) is 3.21. The van der Waals surface area contributed by atoms with Crippen LogP contribution < -0.4 is 14.4 Å². The molecule has 3 aromatic carbocycles. The number of fused-ring (bicyclic) bond motifs is 1. The number of amides is 1. The second kappa shape index (κ2) is 8.42. The fourth-order valence-corrected chi connectivity index (χ4v) is 5.38. The summed E-state index contributed by atoms with van der Waals surface area (Å²) in [4.78, 5) is 12.9. The number of anilines is 2. The number of para-hydroxylation sites is 1. The third-order valence-electron chi connectivity index (χ3n) is 5.05. The highest BCUT2D eigenvalue weighted by atomic mass is 35.5. The van der Waals surface area contributed by atoms with Gasteiger partial charge in [-0.05, 0) is 48.4 Å². The fraction of sp³-hybridized carbons (Fsp3) is 0.136. The summed E-state index contributed by atoms with van der Waals surface area (Å²) in [6.45, 7) is 0.341. The molecule has 1 heterocycles. The highest BCUT2D eigenvalue weighted by molar-refractivity contribution is 7.92. The second-order valence-corrected chi connectivity index (χ2v) is 9.52. The normalized spacial score (nSPS) is 13.1. The van der Waals surface area contributed by atoms with E-state index in [4.69, 9.17) is 27.9 Å². The van der Waals surface area contributed by atoms with Crippen LogP contribution in [0.1, 0.15) is 15.9 Å². The van der Waals surface area contributed by atoms with Gasteiger partial charge in [0.05, 0.1) is 39.0 Å². The number of hydrogen-bond donors (Lipinski definition) is 1. The molecule has 1 amide bonds. The molecule has 0 spiro atoms. The number of carbonyl (C=O) groups excluding carboxylic acids is 1. The predicted octanol–water partition coefficient (Wildman–Crippen LogP) is 5.01. The Bertz CT molecular complexity index is 1280. The highest BCUT2D eigenvalue weighted by Crippen LogP contribution is 2.35. The number of halogens is 2. The highest BCUT2D eigenvalue weighted by Gasteiger charge is 2.31. The number of methoxy groups -OCH3 is 1. The first-order valence-corrected chi connectivity index (χ1v) is 11.6. The lowest BCUT2D eigenvalue weighted by Gasteiger charge is -2.20. The van der Waals surface area contributed by atoms with Crippen LogP contribution in [0.4, 0.5) is 11.4 Å². The Hall–Kier alpha value is -2.74. The van der Waals surface area contributed by atoms with Crippen molar-refractivity contribution >= 4 is 50.5 Å². The number of sulfonamides is 1. The van der Waals surface area contributed by atoms with E-state index in [1.54, 1.807) is 30.3 Å². The molecule has 1 aliphatic rings. The van der Waals surface area contributed by atoms with E-state index in [9.17, 15) is 13.2 Å². The zero-order chi connectivity index (χ0) is 22.2. The molecule has 0 atom stereocenters.